The Kier molecular flexibility index (Phi) is 5.22. The van der Waals surface area contributed by atoms with Gasteiger partial charge in [0, 0.05) is 18.1 Å². The molecule has 4 nitrogen and oxygen atoms in total. The Morgan fingerprint density at radius 1 is 1.48 bits per heavy atom. The Bertz CT molecular complexity index is 530. The zero-order valence-electron chi connectivity index (χ0n) is 12.4. The monoisotopic (exact) mass is 357 g/mol. The second-order valence-corrected chi connectivity index (χ2v) is 6.64. The van der Waals surface area contributed by atoms with Crippen molar-refractivity contribution < 1.29 is 9.18 Å². The summed E-state index contributed by atoms with van der Waals surface area (Å²) in [4.78, 5) is 16.5. The number of carbonyl (C=O) groups excluding carboxylic acids is 1. The van der Waals surface area contributed by atoms with Crippen molar-refractivity contribution in [1.29, 1.82) is 0 Å². The van der Waals surface area contributed by atoms with Gasteiger partial charge in [0.1, 0.15) is 5.82 Å². The molecule has 0 radical (unpaired) electrons. The Morgan fingerprint density at radius 2 is 2.10 bits per heavy atom. The number of hydrogen-bond donors (Lipinski definition) is 1. The first-order chi connectivity index (χ1) is 9.88. The molecule has 0 spiro atoms. The molecule has 1 aliphatic heterocycles. The fraction of sp³-hybridized carbons (Fsp3) is 0.533. The molecule has 1 fully saturated rings. The molecule has 0 saturated carbocycles. The van der Waals surface area contributed by atoms with Gasteiger partial charge in [0.05, 0.1) is 11.3 Å². The van der Waals surface area contributed by atoms with E-state index in [4.69, 9.17) is 5.73 Å². The van der Waals surface area contributed by atoms with Gasteiger partial charge in [0.15, 0.2) is 0 Å². The van der Waals surface area contributed by atoms with E-state index in [-0.39, 0.29) is 11.6 Å². The van der Waals surface area contributed by atoms with E-state index in [2.05, 4.69) is 27.9 Å². The molecule has 1 amide bonds. The SMILES string of the molecule is CN1CCC(CN(C)C(=O)c2cc(N)c(F)cc2Br)CC1. The topological polar surface area (TPSA) is 49.6 Å². The standard InChI is InChI=1S/C15H21BrFN3O/c1-19-5-3-10(4-6-19)9-20(2)15(21)11-7-14(18)13(17)8-12(11)16/h7-8,10H,3-6,9,18H2,1-2H3. The van der Waals surface area contributed by atoms with Gasteiger partial charge in [-0.3, -0.25) is 4.79 Å². The van der Waals surface area contributed by atoms with Gasteiger partial charge in [0.25, 0.3) is 5.91 Å². The summed E-state index contributed by atoms with van der Waals surface area (Å²) in [5, 5.41) is 0. The molecule has 0 unspecified atom stereocenters. The number of nitrogens with two attached hydrogens (primary N) is 1. The van der Waals surface area contributed by atoms with Gasteiger partial charge in [-0.25, -0.2) is 4.39 Å². The smallest absolute Gasteiger partial charge is 0.254 e. The van der Waals surface area contributed by atoms with Crippen molar-refractivity contribution >= 4 is 27.5 Å². The van der Waals surface area contributed by atoms with E-state index < -0.39 is 5.82 Å². The van der Waals surface area contributed by atoms with Crippen molar-refractivity contribution in [1.82, 2.24) is 9.80 Å². The molecule has 1 heterocycles. The molecule has 0 aromatic heterocycles. The number of halogens is 2. The highest BCUT2D eigenvalue weighted by Crippen LogP contribution is 2.25. The van der Waals surface area contributed by atoms with Crippen molar-refractivity contribution in [2.75, 3.05) is 39.5 Å². The maximum atomic E-state index is 13.3. The van der Waals surface area contributed by atoms with Crippen LogP contribution in [0, 0.1) is 11.7 Å². The minimum atomic E-state index is -0.517. The fourth-order valence-electron chi connectivity index (χ4n) is 2.65. The molecular formula is C15H21BrFN3O. The first-order valence-corrected chi connectivity index (χ1v) is 7.86. The number of hydrogen-bond acceptors (Lipinski definition) is 3. The van der Waals surface area contributed by atoms with Crippen LogP contribution in [0.15, 0.2) is 16.6 Å². The van der Waals surface area contributed by atoms with Crippen molar-refractivity contribution in [2.45, 2.75) is 12.8 Å². The average Bonchev–Trinajstić information content (AvgIpc) is 2.44. The van der Waals surface area contributed by atoms with E-state index in [0.717, 1.165) is 32.5 Å². The van der Waals surface area contributed by atoms with E-state index >= 15 is 0 Å². The maximum absolute atomic E-state index is 13.3. The van der Waals surface area contributed by atoms with Crippen LogP contribution >= 0.6 is 15.9 Å². The Balaban J connectivity index is 2.04. The number of likely N-dealkylation sites (tertiary alicyclic amines) is 1. The molecule has 116 valence electrons. The van der Waals surface area contributed by atoms with Gasteiger partial charge in [0.2, 0.25) is 0 Å². The van der Waals surface area contributed by atoms with Crippen LogP contribution in [0.5, 0.6) is 0 Å². The minimum absolute atomic E-state index is 0.00533. The first kappa shape index (κ1) is 16.2. The zero-order chi connectivity index (χ0) is 15.6. The molecule has 0 bridgehead atoms. The lowest BCUT2D eigenvalue weighted by Crippen LogP contribution is -2.38. The summed E-state index contributed by atoms with van der Waals surface area (Å²) in [6.07, 6.45) is 2.20. The Morgan fingerprint density at radius 3 is 2.71 bits per heavy atom. The molecule has 2 rings (SSSR count). The number of nitrogens with zero attached hydrogens (tertiary/aromatic N) is 2. The summed E-state index contributed by atoms with van der Waals surface area (Å²) in [5.41, 5.74) is 5.96. The van der Waals surface area contributed by atoms with Gasteiger partial charge in [-0.2, -0.15) is 0 Å². The highest BCUT2D eigenvalue weighted by molar-refractivity contribution is 9.10. The predicted octanol–water partition coefficient (Wildman–Crippen LogP) is 2.58. The maximum Gasteiger partial charge on any atom is 0.254 e. The molecule has 21 heavy (non-hydrogen) atoms. The third-order valence-corrected chi connectivity index (χ3v) is 4.69. The van der Waals surface area contributed by atoms with E-state index in [1.54, 1.807) is 11.9 Å². The number of benzene rings is 1. The Labute approximate surface area is 133 Å². The van der Waals surface area contributed by atoms with Crippen LogP contribution in [0.3, 0.4) is 0 Å². The van der Waals surface area contributed by atoms with Crippen molar-refractivity contribution in [3.63, 3.8) is 0 Å². The number of piperidine rings is 1. The van der Waals surface area contributed by atoms with Gasteiger partial charge in [-0.1, -0.05) is 0 Å². The van der Waals surface area contributed by atoms with Gasteiger partial charge >= 0.3 is 0 Å². The number of amides is 1. The lowest BCUT2D eigenvalue weighted by atomic mass is 9.96. The Hall–Kier alpha value is -1.14. The van der Waals surface area contributed by atoms with E-state index in [1.165, 1.54) is 12.1 Å². The third-order valence-electron chi connectivity index (χ3n) is 4.03. The summed E-state index contributed by atoms with van der Waals surface area (Å²) in [6, 6.07) is 2.64. The summed E-state index contributed by atoms with van der Waals surface area (Å²) >= 11 is 3.23. The van der Waals surface area contributed by atoms with Crippen LogP contribution in [-0.4, -0.2) is 49.4 Å². The van der Waals surface area contributed by atoms with Gasteiger partial charge in [-0.05, 0) is 67.0 Å². The van der Waals surface area contributed by atoms with Crippen LogP contribution in [0.25, 0.3) is 0 Å². The van der Waals surface area contributed by atoms with Crippen molar-refractivity contribution in [3.05, 3.63) is 28.0 Å². The molecule has 1 aliphatic rings. The second-order valence-electron chi connectivity index (χ2n) is 5.79. The predicted molar refractivity (Wildman–Crippen MR) is 85.7 cm³/mol. The molecule has 6 heteroatoms. The first-order valence-electron chi connectivity index (χ1n) is 7.07. The lowest BCUT2D eigenvalue weighted by molar-refractivity contribution is 0.0746. The van der Waals surface area contributed by atoms with Crippen LogP contribution in [-0.2, 0) is 0 Å². The average molecular weight is 358 g/mol. The van der Waals surface area contributed by atoms with Crippen LogP contribution < -0.4 is 5.73 Å². The summed E-state index contributed by atoms with van der Waals surface area (Å²) in [5.74, 6) is -0.129. The number of nitrogen functional groups attached to an aromatic ring is 1. The zero-order valence-corrected chi connectivity index (χ0v) is 14.0. The molecular weight excluding hydrogens is 337 g/mol. The largest absolute Gasteiger partial charge is 0.396 e. The third kappa shape index (κ3) is 3.95. The van der Waals surface area contributed by atoms with Crippen LogP contribution in [0.4, 0.5) is 10.1 Å². The number of anilines is 1. The van der Waals surface area contributed by atoms with Gasteiger partial charge in [-0.15, -0.1) is 0 Å². The minimum Gasteiger partial charge on any atom is -0.396 e. The normalized spacial score (nSPS) is 17.0. The molecule has 0 aliphatic carbocycles. The fourth-order valence-corrected chi connectivity index (χ4v) is 3.14. The summed E-state index contributed by atoms with van der Waals surface area (Å²) in [7, 11) is 3.90. The van der Waals surface area contributed by atoms with E-state index in [1.807, 2.05) is 0 Å². The van der Waals surface area contributed by atoms with E-state index in [9.17, 15) is 9.18 Å². The van der Waals surface area contributed by atoms with Crippen LogP contribution in [0.2, 0.25) is 0 Å². The van der Waals surface area contributed by atoms with Crippen molar-refractivity contribution in [2.24, 2.45) is 5.92 Å². The van der Waals surface area contributed by atoms with E-state index in [0.29, 0.717) is 16.0 Å². The van der Waals surface area contributed by atoms with Crippen molar-refractivity contribution in [3.8, 4) is 0 Å². The van der Waals surface area contributed by atoms with Gasteiger partial charge < -0.3 is 15.5 Å². The quantitative estimate of drug-likeness (QED) is 0.845. The molecule has 1 aromatic rings. The lowest BCUT2D eigenvalue weighted by Gasteiger charge is -2.31. The summed E-state index contributed by atoms with van der Waals surface area (Å²) < 4.78 is 13.8. The number of carbonyl (C=O) groups is 1. The van der Waals surface area contributed by atoms with Crippen LogP contribution in [0.1, 0.15) is 23.2 Å². The molecule has 0 atom stereocenters. The number of rotatable bonds is 3. The molecule has 2 N–H and O–H groups in total. The highest BCUT2D eigenvalue weighted by Gasteiger charge is 2.22. The second kappa shape index (κ2) is 6.75. The highest BCUT2D eigenvalue weighted by atomic mass is 79.9. The molecule has 1 saturated heterocycles. The summed E-state index contributed by atoms with van der Waals surface area (Å²) in [6.45, 7) is 2.86. The molecule has 1 aromatic carbocycles.